The average Bonchev–Trinajstić information content (AvgIpc) is 3.24. The molecule has 4 aromatic rings. The first-order chi connectivity index (χ1) is 15.5. The highest BCUT2D eigenvalue weighted by Crippen LogP contribution is 2.28. The molecule has 0 aliphatic heterocycles. The summed E-state index contributed by atoms with van der Waals surface area (Å²) in [5.74, 6) is 0.483. The molecule has 0 aliphatic carbocycles. The van der Waals surface area contributed by atoms with Gasteiger partial charge in [-0.1, -0.05) is 42.5 Å². The summed E-state index contributed by atoms with van der Waals surface area (Å²) in [7, 11) is 1.30. The number of aryl methyl sites for hydroxylation is 1. The van der Waals surface area contributed by atoms with Gasteiger partial charge >= 0.3 is 6.09 Å². The molecule has 0 aliphatic rings. The number of hydrogen-bond donors (Lipinski definition) is 0. The van der Waals surface area contributed by atoms with E-state index in [0.717, 1.165) is 20.8 Å². The number of benzene rings is 3. The lowest BCUT2D eigenvalue weighted by molar-refractivity contribution is 0.0994. The van der Waals surface area contributed by atoms with Gasteiger partial charge in [0.15, 0.2) is 5.78 Å². The molecule has 1 heterocycles. The van der Waals surface area contributed by atoms with Crippen LogP contribution in [0.25, 0.3) is 10.2 Å². The molecule has 7 heteroatoms. The van der Waals surface area contributed by atoms with Crippen molar-refractivity contribution in [2.75, 3.05) is 18.6 Å². The number of methoxy groups -OCH3 is 1. The van der Waals surface area contributed by atoms with Gasteiger partial charge in [-0.2, -0.15) is 0 Å². The molecular formula is C25H22N2O4S. The van der Waals surface area contributed by atoms with Crippen LogP contribution < -0.4 is 9.64 Å². The van der Waals surface area contributed by atoms with Crippen LogP contribution in [0, 0.1) is 6.92 Å². The molecular weight excluding hydrogens is 424 g/mol. The van der Waals surface area contributed by atoms with Crippen molar-refractivity contribution in [2.24, 2.45) is 0 Å². The normalized spacial score (nSPS) is 10.7. The fourth-order valence-electron chi connectivity index (χ4n) is 3.36. The number of Topliss-reactive ketones (excluding diaryl/α,β-unsaturated/α-hetero) is 1. The molecule has 0 atom stereocenters. The van der Waals surface area contributed by atoms with Crippen LogP contribution in [0.3, 0.4) is 0 Å². The second-order valence-corrected chi connectivity index (χ2v) is 8.27. The number of aromatic nitrogens is 1. The van der Waals surface area contributed by atoms with E-state index >= 15 is 0 Å². The van der Waals surface area contributed by atoms with Crippen LogP contribution in [0.15, 0.2) is 72.8 Å². The molecule has 4 rings (SSSR count). The number of ketones is 1. The fourth-order valence-corrected chi connectivity index (χ4v) is 4.25. The molecule has 0 N–H and O–H groups in total. The molecule has 0 saturated heterocycles. The number of ether oxygens (including phenoxy) is 2. The third kappa shape index (κ3) is 4.78. The number of anilines is 1. The number of hydrogen-bond acceptors (Lipinski definition) is 6. The Morgan fingerprint density at radius 1 is 1.00 bits per heavy atom. The first kappa shape index (κ1) is 21.5. The Kier molecular flexibility index (Phi) is 6.47. The monoisotopic (exact) mass is 446 g/mol. The first-order valence-corrected chi connectivity index (χ1v) is 10.9. The second-order valence-electron chi connectivity index (χ2n) is 7.16. The molecule has 0 saturated carbocycles. The topological polar surface area (TPSA) is 68.7 Å². The summed E-state index contributed by atoms with van der Waals surface area (Å²) in [4.78, 5) is 31.0. The molecule has 162 valence electrons. The van der Waals surface area contributed by atoms with Crippen LogP contribution in [0.4, 0.5) is 10.5 Å². The van der Waals surface area contributed by atoms with Crippen molar-refractivity contribution in [3.8, 4) is 5.75 Å². The minimum Gasteiger partial charge on any atom is -0.486 e. The molecule has 6 nitrogen and oxygen atoms in total. The Bertz CT molecular complexity index is 1220. The van der Waals surface area contributed by atoms with E-state index in [2.05, 4.69) is 4.98 Å². The van der Waals surface area contributed by atoms with Gasteiger partial charge in [0.2, 0.25) is 0 Å². The van der Waals surface area contributed by atoms with E-state index in [0.29, 0.717) is 23.6 Å². The highest BCUT2D eigenvalue weighted by atomic mass is 32.1. The van der Waals surface area contributed by atoms with Crippen molar-refractivity contribution in [3.05, 3.63) is 88.9 Å². The van der Waals surface area contributed by atoms with E-state index in [-0.39, 0.29) is 12.3 Å². The smallest absolute Gasteiger partial charge is 0.414 e. The minimum atomic E-state index is -0.597. The minimum absolute atomic E-state index is 0.122. The zero-order chi connectivity index (χ0) is 22.5. The van der Waals surface area contributed by atoms with E-state index in [1.165, 1.54) is 12.0 Å². The summed E-state index contributed by atoms with van der Waals surface area (Å²) in [6.45, 7) is 2.09. The Hall–Kier alpha value is -3.71. The van der Waals surface area contributed by atoms with Gasteiger partial charge in [0.1, 0.15) is 17.4 Å². The lowest BCUT2D eigenvalue weighted by Gasteiger charge is -2.23. The molecule has 0 spiro atoms. The maximum absolute atomic E-state index is 12.7. The van der Waals surface area contributed by atoms with Gasteiger partial charge in [0.25, 0.3) is 0 Å². The van der Waals surface area contributed by atoms with Gasteiger partial charge < -0.3 is 9.47 Å². The SMILES string of the molecule is COC(=O)N(CC(=O)c1ccccc1)c1ccc(OCc2nc3ccccc3s2)cc1C. The molecule has 1 amide bonds. The molecule has 3 aromatic carbocycles. The maximum Gasteiger partial charge on any atom is 0.414 e. The van der Waals surface area contributed by atoms with Crippen LogP contribution in [0.1, 0.15) is 20.9 Å². The fraction of sp³-hybridized carbons (Fsp3) is 0.160. The summed E-state index contributed by atoms with van der Waals surface area (Å²) >= 11 is 1.60. The van der Waals surface area contributed by atoms with Crippen LogP contribution in [0.5, 0.6) is 5.75 Å². The van der Waals surface area contributed by atoms with Crippen LogP contribution >= 0.6 is 11.3 Å². The third-order valence-electron chi connectivity index (χ3n) is 4.95. The molecule has 0 radical (unpaired) electrons. The van der Waals surface area contributed by atoms with E-state index in [9.17, 15) is 9.59 Å². The average molecular weight is 447 g/mol. The lowest BCUT2D eigenvalue weighted by atomic mass is 10.1. The number of nitrogens with zero attached hydrogens (tertiary/aromatic N) is 2. The van der Waals surface area contributed by atoms with E-state index in [1.807, 2.05) is 43.3 Å². The second kappa shape index (κ2) is 9.62. The van der Waals surface area contributed by atoms with E-state index in [1.54, 1.807) is 47.7 Å². The molecule has 0 fully saturated rings. The Balaban J connectivity index is 1.50. The van der Waals surface area contributed by atoms with Gasteiger partial charge in [-0.3, -0.25) is 9.69 Å². The van der Waals surface area contributed by atoms with Crippen LogP contribution in [0.2, 0.25) is 0 Å². The molecule has 32 heavy (non-hydrogen) atoms. The predicted octanol–water partition coefficient (Wildman–Crippen LogP) is 5.64. The van der Waals surface area contributed by atoms with E-state index in [4.69, 9.17) is 9.47 Å². The van der Waals surface area contributed by atoms with Crippen molar-refractivity contribution < 1.29 is 19.1 Å². The van der Waals surface area contributed by atoms with Crippen LogP contribution in [-0.2, 0) is 11.3 Å². The summed E-state index contributed by atoms with van der Waals surface area (Å²) in [5.41, 5.74) is 2.88. The molecule has 0 unspecified atom stereocenters. The van der Waals surface area contributed by atoms with Crippen LogP contribution in [-0.4, -0.2) is 30.5 Å². The number of carbonyl (C=O) groups excluding carboxylic acids is 2. The zero-order valence-electron chi connectivity index (χ0n) is 17.8. The summed E-state index contributed by atoms with van der Waals surface area (Å²) in [5, 5.41) is 0.887. The molecule has 0 bridgehead atoms. The number of fused-ring (bicyclic) bond motifs is 1. The van der Waals surface area contributed by atoms with Gasteiger partial charge in [-0.05, 0) is 42.8 Å². The van der Waals surface area contributed by atoms with Gasteiger partial charge in [0.05, 0.1) is 29.6 Å². The Morgan fingerprint density at radius 2 is 1.75 bits per heavy atom. The number of thiazole rings is 1. The van der Waals surface area contributed by atoms with Crippen molar-refractivity contribution in [2.45, 2.75) is 13.5 Å². The first-order valence-electron chi connectivity index (χ1n) is 10.1. The Morgan fingerprint density at radius 3 is 2.47 bits per heavy atom. The van der Waals surface area contributed by atoms with Gasteiger partial charge in [-0.25, -0.2) is 9.78 Å². The lowest BCUT2D eigenvalue weighted by Crippen LogP contribution is -2.36. The van der Waals surface area contributed by atoms with Crippen molar-refractivity contribution in [3.63, 3.8) is 0 Å². The highest BCUT2D eigenvalue weighted by Gasteiger charge is 2.22. The Labute approximate surface area is 190 Å². The van der Waals surface area contributed by atoms with Crippen molar-refractivity contribution in [1.29, 1.82) is 0 Å². The number of rotatable bonds is 7. The third-order valence-corrected chi connectivity index (χ3v) is 5.96. The number of amides is 1. The van der Waals surface area contributed by atoms with Gasteiger partial charge in [-0.15, -0.1) is 11.3 Å². The number of para-hydroxylation sites is 1. The molecule has 1 aromatic heterocycles. The van der Waals surface area contributed by atoms with Crippen molar-refractivity contribution >= 4 is 39.1 Å². The van der Waals surface area contributed by atoms with Gasteiger partial charge in [0, 0.05) is 5.56 Å². The maximum atomic E-state index is 12.7. The van der Waals surface area contributed by atoms with E-state index < -0.39 is 6.09 Å². The summed E-state index contributed by atoms with van der Waals surface area (Å²) < 4.78 is 12.0. The largest absolute Gasteiger partial charge is 0.486 e. The van der Waals surface area contributed by atoms with Crippen molar-refractivity contribution in [1.82, 2.24) is 4.98 Å². The summed E-state index contributed by atoms with van der Waals surface area (Å²) in [6, 6.07) is 22.2. The zero-order valence-corrected chi connectivity index (χ0v) is 18.6. The number of carbonyl (C=O) groups is 2. The summed E-state index contributed by atoms with van der Waals surface area (Å²) in [6.07, 6.45) is -0.597. The predicted molar refractivity (Wildman–Crippen MR) is 126 cm³/mol. The standard InChI is InChI=1S/C25H22N2O4S/c1-17-14-19(31-16-24-26-20-10-6-7-11-23(20)32-24)12-13-21(17)27(25(29)30-2)15-22(28)18-8-4-3-5-9-18/h3-14H,15-16H2,1-2H3. The highest BCUT2D eigenvalue weighted by molar-refractivity contribution is 7.18. The quantitative estimate of drug-likeness (QED) is 0.344.